The number of hydrogen-bond donors (Lipinski definition) is 0. The largest absolute Gasteiger partial charge is 0.486 e. The summed E-state index contributed by atoms with van der Waals surface area (Å²) in [5.74, 6) is 1.46. The maximum absolute atomic E-state index is 12.7. The van der Waals surface area contributed by atoms with Gasteiger partial charge in [-0.3, -0.25) is 9.78 Å². The van der Waals surface area contributed by atoms with E-state index in [2.05, 4.69) is 17.1 Å². The Bertz CT molecular complexity index is 604. The SMILES string of the molecule is O=C(CC1C=CCC1)N1CCO[C@@H]2[C@@H](Oc3cccnc3)CC[C@H]21. The van der Waals surface area contributed by atoms with Crippen LogP contribution in [0.5, 0.6) is 5.75 Å². The van der Waals surface area contributed by atoms with Crippen LogP contribution in [-0.4, -0.2) is 47.2 Å². The lowest BCUT2D eigenvalue weighted by atomic mass is 10.0. The summed E-state index contributed by atoms with van der Waals surface area (Å²) in [6, 6.07) is 3.94. The van der Waals surface area contributed by atoms with Crippen molar-refractivity contribution in [3.8, 4) is 5.75 Å². The minimum absolute atomic E-state index is 0.00109. The van der Waals surface area contributed by atoms with Gasteiger partial charge in [-0.25, -0.2) is 0 Å². The lowest BCUT2D eigenvalue weighted by Crippen LogP contribution is -2.54. The molecular weight excluding hydrogens is 304 g/mol. The van der Waals surface area contributed by atoms with Crippen molar-refractivity contribution < 1.29 is 14.3 Å². The molecule has 1 saturated carbocycles. The monoisotopic (exact) mass is 328 g/mol. The van der Waals surface area contributed by atoms with Gasteiger partial charge in [0.25, 0.3) is 0 Å². The van der Waals surface area contributed by atoms with Gasteiger partial charge in [-0.1, -0.05) is 12.2 Å². The number of carbonyl (C=O) groups excluding carboxylic acids is 1. The van der Waals surface area contributed by atoms with Crippen molar-refractivity contribution in [1.29, 1.82) is 0 Å². The van der Waals surface area contributed by atoms with Crippen molar-refractivity contribution in [2.24, 2.45) is 5.92 Å². The average molecular weight is 328 g/mol. The van der Waals surface area contributed by atoms with Crippen molar-refractivity contribution in [3.05, 3.63) is 36.7 Å². The summed E-state index contributed by atoms with van der Waals surface area (Å²) < 4.78 is 12.1. The van der Waals surface area contributed by atoms with E-state index in [-0.39, 0.29) is 24.2 Å². The molecule has 2 heterocycles. The molecule has 2 aliphatic carbocycles. The summed E-state index contributed by atoms with van der Waals surface area (Å²) >= 11 is 0. The van der Waals surface area contributed by atoms with Crippen molar-refractivity contribution in [3.63, 3.8) is 0 Å². The zero-order chi connectivity index (χ0) is 16.4. The normalized spacial score (nSPS) is 31.9. The molecule has 1 aromatic rings. The third-order valence-electron chi connectivity index (χ3n) is 5.33. The number of nitrogens with zero attached hydrogens (tertiary/aromatic N) is 2. The summed E-state index contributed by atoms with van der Waals surface area (Å²) in [4.78, 5) is 18.9. The lowest BCUT2D eigenvalue weighted by molar-refractivity contribution is -0.148. The summed E-state index contributed by atoms with van der Waals surface area (Å²) in [5, 5.41) is 0. The Labute approximate surface area is 142 Å². The van der Waals surface area contributed by atoms with Crippen LogP contribution in [0.4, 0.5) is 0 Å². The molecule has 1 aromatic heterocycles. The quantitative estimate of drug-likeness (QED) is 0.797. The van der Waals surface area contributed by atoms with E-state index in [0.29, 0.717) is 25.5 Å². The molecule has 128 valence electrons. The first-order chi connectivity index (χ1) is 11.8. The van der Waals surface area contributed by atoms with Gasteiger partial charge in [0.2, 0.25) is 5.91 Å². The van der Waals surface area contributed by atoms with Crippen LogP contribution in [0, 0.1) is 5.92 Å². The van der Waals surface area contributed by atoms with Gasteiger partial charge in [0, 0.05) is 19.2 Å². The zero-order valence-electron chi connectivity index (χ0n) is 13.8. The number of hydrogen-bond acceptors (Lipinski definition) is 4. The Kier molecular flexibility index (Phi) is 4.52. The average Bonchev–Trinajstić information content (AvgIpc) is 3.26. The molecule has 5 heteroatoms. The van der Waals surface area contributed by atoms with Crippen molar-refractivity contribution in [1.82, 2.24) is 9.88 Å². The lowest BCUT2D eigenvalue weighted by Gasteiger charge is -2.39. The molecule has 0 bridgehead atoms. The fourth-order valence-electron chi connectivity index (χ4n) is 4.15. The van der Waals surface area contributed by atoms with Crippen LogP contribution in [0.15, 0.2) is 36.7 Å². The first-order valence-electron chi connectivity index (χ1n) is 8.95. The third kappa shape index (κ3) is 3.18. The molecule has 0 aromatic carbocycles. The minimum Gasteiger partial charge on any atom is -0.486 e. The molecular formula is C19H24N2O3. The second-order valence-corrected chi connectivity index (χ2v) is 6.88. The Hall–Kier alpha value is -1.88. The molecule has 4 rings (SSSR count). The number of aromatic nitrogens is 1. The number of ether oxygens (including phenoxy) is 2. The molecule has 3 aliphatic rings. The number of carbonyl (C=O) groups is 1. The van der Waals surface area contributed by atoms with Crippen LogP contribution in [-0.2, 0) is 9.53 Å². The predicted molar refractivity (Wildman–Crippen MR) is 89.6 cm³/mol. The number of amides is 1. The topological polar surface area (TPSA) is 51.7 Å². The van der Waals surface area contributed by atoms with Gasteiger partial charge in [-0.15, -0.1) is 0 Å². The molecule has 1 unspecified atom stereocenters. The van der Waals surface area contributed by atoms with Crippen LogP contribution < -0.4 is 4.74 Å². The van der Waals surface area contributed by atoms with E-state index in [1.54, 1.807) is 12.4 Å². The van der Waals surface area contributed by atoms with Gasteiger partial charge in [-0.2, -0.15) is 0 Å². The molecule has 24 heavy (non-hydrogen) atoms. The van der Waals surface area contributed by atoms with E-state index in [9.17, 15) is 4.79 Å². The first-order valence-corrected chi connectivity index (χ1v) is 8.95. The van der Waals surface area contributed by atoms with E-state index in [4.69, 9.17) is 9.47 Å². The number of morpholine rings is 1. The van der Waals surface area contributed by atoms with E-state index in [1.165, 1.54) is 0 Å². The molecule has 0 N–H and O–H groups in total. The summed E-state index contributed by atoms with van der Waals surface area (Å²) in [6.07, 6.45) is 12.5. The minimum atomic E-state index is -0.0259. The maximum Gasteiger partial charge on any atom is 0.223 e. The van der Waals surface area contributed by atoms with Crippen LogP contribution in [0.2, 0.25) is 0 Å². The highest BCUT2D eigenvalue weighted by Crippen LogP contribution is 2.34. The van der Waals surface area contributed by atoms with E-state index in [1.807, 2.05) is 17.0 Å². The second-order valence-electron chi connectivity index (χ2n) is 6.88. The fourth-order valence-corrected chi connectivity index (χ4v) is 4.15. The summed E-state index contributed by atoms with van der Waals surface area (Å²) in [6.45, 7) is 1.30. The van der Waals surface area contributed by atoms with Gasteiger partial charge in [-0.05, 0) is 43.7 Å². The van der Waals surface area contributed by atoms with E-state index in [0.717, 1.165) is 31.4 Å². The summed E-state index contributed by atoms with van der Waals surface area (Å²) in [5.41, 5.74) is 0. The van der Waals surface area contributed by atoms with Gasteiger partial charge >= 0.3 is 0 Å². The number of rotatable bonds is 4. The molecule has 1 amide bonds. The fraction of sp³-hybridized carbons (Fsp3) is 0.579. The second kappa shape index (κ2) is 6.93. The Morgan fingerprint density at radius 2 is 2.33 bits per heavy atom. The van der Waals surface area contributed by atoms with Crippen LogP contribution >= 0.6 is 0 Å². The predicted octanol–water partition coefficient (Wildman–Crippen LogP) is 2.58. The molecule has 1 saturated heterocycles. The Morgan fingerprint density at radius 1 is 1.38 bits per heavy atom. The molecule has 0 radical (unpaired) electrons. The maximum atomic E-state index is 12.7. The molecule has 5 nitrogen and oxygen atoms in total. The van der Waals surface area contributed by atoms with E-state index >= 15 is 0 Å². The zero-order valence-corrected chi connectivity index (χ0v) is 13.8. The number of pyridine rings is 1. The smallest absolute Gasteiger partial charge is 0.223 e. The standard InChI is InChI=1S/C19H24N2O3/c22-18(12-14-4-1-2-5-14)21-10-11-23-19-16(21)7-8-17(19)24-15-6-3-9-20-13-15/h1,3-4,6,9,13-14,16-17,19H,2,5,7-8,10-12H2/t14?,16-,17+,19+/m1/s1. The van der Waals surface area contributed by atoms with Gasteiger partial charge in [0.1, 0.15) is 18.0 Å². The molecule has 0 spiro atoms. The van der Waals surface area contributed by atoms with Crippen LogP contribution in [0.3, 0.4) is 0 Å². The highest BCUT2D eigenvalue weighted by Gasteiger charge is 2.45. The van der Waals surface area contributed by atoms with Gasteiger partial charge < -0.3 is 14.4 Å². The molecule has 4 atom stereocenters. The third-order valence-corrected chi connectivity index (χ3v) is 5.33. The first kappa shape index (κ1) is 15.6. The van der Waals surface area contributed by atoms with Crippen molar-refractivity contribution in [2.75, 3.05) is 13.2 Å². The van der Waals surface area contributed by atoms with Crippen LogP contribution in [0.25, 0.3) is 0 Å². The van der Waals surface area contributed by atoms with Gasteiger partial charge in [0.15, 0.2) is 0 Å². The number of fused-ring (bicyclic) bond motifs is 1. The highest BCUT2D eigenvalue weighted by molar-refractivity contribution is 5.77. The highest BCUT2D eigenvalue weighted by atomic mass is 16.5. The Balaban J connectivity index is 1.40. The van der Waals surface area contributed by atoms with Crippen LogP contribution in [0.1, 0.15) is 32.1 Å². The van der Waals surface area contributed by atoms with Crippen molar-refractivity contribution in [2.45, 2.75) is 50.4 Å². The van der Waals surface area contributed by atoms with Crippen molar-refractivity contribution >= 4 is 5.91 Å². The van der Waals surface area contributed by atoms with E-state index < -0.39 is 0 Å². The molecule has 2 fully saturated rings. The summed E-state index contributed by atoms with van der Waals surface area (Å²) in [7, 11) is 0. The Morgan fingerprint density at radius 3 is 3.12 bits per heavy atom. The number of allylic oxidation sites excluding steroid dienone is 2. The molecule has 1 aliphatic heterocycles. The van der Waals surface area contributed by atoms with Gasteiger partial charge in [0.05, 0.1) is 18.8 Å².